The summed E-state index contributed by atoms with van der Waals surface area (Å²) in [6.45, 7) is 0.506. The van der Waals surface area contributed by atoms with Gasteiger partial charge in [-0.1, -0.05) is 71.6 Å². The summed E-state index contributed by atoms with van der Waals surface area (Å²) in [6.07, 6.45) is 1.04. The molecule has 0 bridgehead atoms. The van der Waals surface area contributed by atoms with Crippen LogP contribution in [0.25, 0.3) is 0 Å². The maximum Gasteiger partial charge on any atom is 0.226 e. The summed E-state index contributed by atoms with van der Waals surface area (Å²) in [7, 11) is 0. The van der Waals surface area contributed by atoms with Gasteiger partial charge in [-0.2, -0.15) is 0 Å². The first-order valence-corrected chi connectivity index (χ1v) is 10.1. The second-order valence-corrected chi connectivity index (χ2v) is 7.66. The first kappa shape index (κ1) is 18.4. The van der Waals surface area contributed by atoms with Gasteiger partial charge in [0.1, 0.15) is 5.75 Å². The van der Waals surface area contributed by atoms with Crippen molar-refractivity contribution in [2.45, 2.75) is 22.9 Å². The summed E-state index contributed by atoms with van der Waals surface area (Å²) >= 11 is 3.01. The van der Waals surface area contributed by atoms with Crippen molar-refractivity contribution in [3.05, 3.63) is 66.2 Å². The van der Waals surface area contributed by atoms with Crippen molar-refractivity contribution in [1.82, 2.24) is 10.2 Å². The molecular formula is C19H19N3O2S2. The van der Waals surface area contributed by atoms with Gasteiger partial charge in [0.25, 0.3) is 0 Å². The molecule has 1 aromatic heterocycles. The van der Waals surface area contributed by atoms with Gasteiger partial charge in [0.05, 0.1) is 6.61 Å². The highest BCUT2D eigenvalue weighted by atomic mass is 32.2. The molecule has 0 aliphatic rings. The monoisotopic (exact) mass is 385 g/mol. The first-order chi connectivity index (χ1) is 12.8. The fraction of sp³-hybridized carbons (Fsp3) is 0.211. The summed E-state index contributed by atoms with van der Waals surface area (Å²) in [6, 6.07) is 19.8. The van der Waals surface area contributed by atoms with E-state index in [9.17, 15) is 4.79 Å². The molecule has 134 valence electrons. The first-order valence-electron chi connectivity index (χ1n) is 8.27. The zero-order chi connectivity index (χ0) is 18.0. The Morgan fingerprint density at radius 3 is 2.54 bits per heavy atom. The molecule has 0 spiro atoms. The molecule has 0 atom stereocenters. The van der Waals surface area contributed by atoms with Gasteiger partial charge in [-0.3, -0.25) is 4.79 Å². The zero-order valence-electron chi connectivity index (χ0n) is 14.1. The van der Waals surface area contributed by atoms with E-state index in [0.29, 0.717) is 24.6 Å². The van der Waals surface area contributed by atoms with E-state index in [4.69, 9.17) is 4.74 Å². The van der Waals surface area contributed by atoms with Crippen molar-refractivity contribution in [3.8, 4) is 5.75 Å². The van der Waals surface area contributed by atoms with E-state index in [-0.39, 0.29) is 5.91 Å². The largest absolute Gasteiger partial charge is 0.494 e. The topological polar surface area (TPSA) is 64.1 Å². The predicted octanol–water partition coefficient (Wildman–Crippen LogP) is 4.63. The number of hydrogen-bond acceptors (Lipinski definition) is 6. The minimum absolute atomic E-state index is 0.0718. The van der Waals surface area contributed by atoms with Crippen molar-refractivity contribution in [2.24, 2.45) is 0 Å². The molecule has 7 heteroatoms. The number of thioether (sulfide) groups is 1. The van der Waals surface area contributed by atoms with Crippen LogP contribution in [-0.4, -0.2) is 22.7 Å². The van der Waals surface area contributed by atoms with Gasteiger partial charge in [0.15, 0.2) is 4.34 Å². The number of rotatable bonds is 9. The average molecular weight is 386 g/mol. The Labute approximate surface area is 160 Å². The van der Waals surface area contributed by atoms with Crippen LogP contribution < -0.4 is 10.1 Å². The fourth-order valence-electron chi connectivity index (χ4n) is 2.16. The second kappa shape index (κ2) is 9.94. The third-order valence-corrected chi connectivity index (χ3v) is 5.46. The molecule has 26 heavy (non-hydrogen) atoms. The number of para-hydroxylation sites is 1. The van der Waals surface area contributed by atoms with E-state index in [1.165, 1.54) is 16.9 Å². The third-order valence-electron chi connectivity index (χ3n) is 3.42. The number of carbonyl (C=O) groups is 1. The average Bonchev–Trinajstić information content (AvgIpc) is 3.12. The lowest BCUT2D eigenvalue weighted by atomic mass is 10.2. The van der Waals surface area contributed by atoms with Gasteiger partial charge in [-0.25, -0.2) is 0 Å². The molecule has 1 heterocycles. The van der Waals surface area contributed by atoms with Crippen molar-refractivity contribution in [3.63, 3.8) is 0 Å². The Balaban J connectivity index is 1.36. The maximum absolute atomic E-state index is 12.0. The quantitative estimate of drug-likeness (QED) is 0.331. The number of benzene rings is 2. The number of ether oxygens (including phenoxy) is 1. The van der Waals surface area contributed by atoms with Crippen LogP contribution in [0, 0.1) is 0 Å². The van der Waals surface area contributed by atoms with E-state index in [0.717, 1.165) is 15.8 Å². The van der Waals surface area contributed by atoms with Crippen molar-refractivity contribution >= 4 is 34.1 Å². The van der Waals surface area contributed by atoms with Crippen molar-refractivity contribution in [2.75, 3.05) is 11.9 Å². The minimum Gasteiger partial charge on any atom is -0.494 e. The Bertz CT molecular complexity index is 810. The number of amides is 1. The van der Waals surface area contributed by atoms with Gasteiger partial charge < -0.3 is 10.1 Å². The molecule has 2 aromatic carbocycles. The normalized spacial score (nSPS) is 10.5. The van der Waals surface area contributed by atoms with Gasteiger partial charge in [0.2, 0.25) is 11.0 Å². The van der Waals surface area contributed by atoms with Crippen LogP contribution >= 0.6 is 23.1 Å². The molecule has 0 saturated carbocycles. The van der Waals surface area contributed by atoms with Crippen LogP contribution in [0.2, 0.25) is 0 Å². The van der Waals surface area contributed by atoms with Crippen LogP contribution in [0.4, 0.5) is 5.13 Å². The zero-order valence-corrected chi connectivity index (χ0v) is 15.8. The van der Waals surface area contributed by atoms with Gasteiger partial charge in [-0.05, 0) is 24.1 Å². The molecule has 0 radical (unpaired) electrons. The highest BCUT2D eigenvalue weighted by molar-refractivity contribution is 8.00. The lowest BCUT2D eigenvalue weighted by molar-refractivity contribution is -0.116. The molecule has 1 N–H and O–H groups in total. The number of nitrogens with one attached hydrogen (secondary N) is 1. The number of anilines is 1. The molecule has 0 fully saturated rings. The fourth-order valence-corrected chi connectivity index (χ4v) is 3.88. The Kier molecular flexibility index (Phi) is 7.04. The molecule has 5 nitrogen and oxygen atoms in total. The summed E-state index contributed by atoms with van der Waals surface area (Å²) in [5.41, 5.74) is 1.23. The molecule has 0 aliphatic heterocycles. The Morgan fingerprint density at radius 2 is 1.77 bits per heavy atom. The maximum atomic E-state index is 12.0. The number of carbonyl (C=O) groups excluding carboxylic acids is 1. The van der Waals surface area contributed by atoms with Crippen LogP contribution in [0.15, 0.2) is 65.0 Å². The predicted molar refractivity (Wildman–Crippen MR) is 106 cm³/mol. The molecular weight excluding hydrogens is 366 g/mol. The summed E-state index contributed by atoms with van der Waals surface area (Å²) in [4.78, 5) is 12.0. The Morgan fingerprint density at radius 1 is 1.04 bits per heavy atom. The van der Waals surface area contributed by atoms with E-state index >= 15 is 0 Å². The summed E-state index contributed by atoms with van der Waals surface area (Å²) in [5, 5.41) is 11.5. The van der Waals surface area contributed by atoms with E-state index in [1.54, 1.807) is 11.8 Å². The lowest BCUT2D eigenvalue weighted by Crippen LogP contribution is -2.12. The van der Waals surface area contributed by atoms with Crippen LogP contribution in [0.1, 0.15) is 18.4 Å². The minimum atomic E-state index is -0.0718. The van der Waals surface area contributed by atoms with Gasteiger partial charge in [0, 0.05) is 12.2 Å². The van der Waals surface area contributed by atoms with Crippen molar-refractivity contribution < 1.29 is 9.53 Å². The number of nitrogens with zero attached hydrogens (tertiary/aromatic N) is 2. The number of aromatic nitrogens is 2. The molecule has 3 aromatic rings. The standard InChI is InChI=1S/C19H19N3O2S2/c23-17(12-7-13-24-16-10-5-2-6-11-16)20-18-21-22-19(26-18)25-14-15-8-3-1-4-9-15/h1-6,8-11H,7,12-14H2,(H,20,21,23). The van der Waals surface area contributed by atoms with E-state index in [1.807, 2.05) is 48.5 Å². The summed E-state index contributed by atoms with van der Waals surface area (Å²) in [5.74, 6) is 1.58. The Hall–Kier alpha value is -2.38. The number of hydrogen-bond donors (Lipinski definition) is 1. The lowest BCUT2D eigenvalue weighted by Gasteiger charge is -2.05. The molecule has 1 amide bonds. The smallest absolute Gasteiger partial charge is 0.226 e. The van der Waals surface area contributed by atoms with Crippen LogP contribution in [-0.2, 0) is 10.5 Å². The third kappa shape index (κ3) is 6.16. The van der Waals surface area contributed by atoms with E-state index < -0.39 is 0 Å². The highest BCUT2D eigenvalue weighted by Gasteiger charge is 2.09. The molecule has 3 rings (SSSR count). The van der Waals surface area contributed by atoms with Gasteiger partial charge >= 0.3 is 0 Å². The molecule has 0 aliphatic carbocycles. The molecule has 0 unspecified atom stereocenters. The van der Waals surface area contributed by atoms with Gasteiger partial charge in [-0.15, -0.1) is 10.2 Å². The van der Waals surface area contributed by atoms with Crippen molar-refractivity contribution in [1.29, 1.82) is 0 Å². The van der Waals surface area contributed by atoms with E-state index in [2.05, 4.69) is 27.6 Å². The molecule has 0 saturated heterocycles. The van der Waals surface area contributed by atoms with Crippen LogP contribution in [0.5, 0.6) is 5.75 Å². The van der Waals surface area contributed by atoms with Crippen LogP contribution in [0.3, 0.4) is 0 Å². The SMILES string of the molecule is O=C(CCCOc1ccccc1)Nc1nnc(SCc2ccccc2)s1. The highest BCUT2D eigenvalue weighted by Crippen LogP contribution is 2.28. The second-order valence-electron chi connectivity index (χ2n) is 5.46. The summed E-state index contributed by atoms with van der Waals surface area (Å²) < 4.78 is 6.42.